The zero-order chi connectivity index (χ0) is 23.9. The maximum Gasteiger partial charge on any atom is 0.408 e. The van der Waals surface area contributed by atoms with E-state index in [1.807, 2.05) is 31.2 Å². The number of benzene rings is 2. The number of likely N-dealkylation sites (tertiary alicyclic amines) is 1. The molecule has 2 aromatic rings. The fourth-order valence-corrected chi connectivity index (χ4v) is 5.93. The molecule has 2 amide bonds. The summed E-state index contributed by atoms with van der Waals surface area (Å²) in [6.07, 6.45) is 2.34. The molecule has 0 spiro atoms. The minimum Gasteiger partial charge on any atom is -0.481 e. The predicted molar refractivity (Wildman–Crippen MR) is 126 cm³/mol. The van der Waals surface area contributed by atoms with Crippen LogP contribution in [0.5, 0.6) is 0 Å². The van der Waals surface area contributed by atoms with Gasteiger partial charge < -0.3 is 20.1 Å². The summed E-state index contributed by atoms with van der Waals surface area (Å²) in [5.41, 5.74) is 3.58. The van der Waals surface area contributed by atoms with Crippen LogP contribution in [0.3, 0.4) is 0 Å². The number of ether oxygens (including phenoxy) is 1. The van der Waals surface area contributed by atoms with Gasteiger partial charge in [0.25, 0.3) is 0 Å². The topological polar surface area (TPSA) is 95.9 Å². The van der Waals surface area contributed by atoms with Crippen molar-refractivity contribution in [1.29, 1.82) is 0 Å². The average Bonchev–Trinajstić information content (AvgIpc) is 3.39. The largest absolute Gasteiger partial charge is 0.481 e. The Labute approximate surface area is 199 Å². The third-order valence-corrected chi connectivity index (χ3v) is 7.84. The number of carboxylic acid groups (broad SMARTS) is 1. The molecule has 1 heterocycles. The van der Waals surface area contributed by atoms with Gasteiger partial charge in [0.05, 0.1) is 5.92 Å². The number of hydrogen-bond donors (Lipinski definition) is 2. The Morgan fingerprint density at radius 2 is 1.68 bits per heavy atom. The molecule has 178 valence electrons. The van der Waals surface area contributed by atoms with Gasteiger partial charge in [0.1, 0.15) is 12.1 Å². The summed E-state index contributed by atoms with van der Waals surface area (Å²) in [7, 11) is 0. The molecule has 34 heavy (non-hydrogen) atoms. The zero-order valence-electron chi connectivity index (χ0n) is 19.3. The average molecular weight is 463 g/mol. The van der Waals surface area contributed by atoms with Crippen molar-refractivity contribution in [3.8, 4) is 11.1 Å². The number of fused-ring (bicyclic) bond motifs is 3. The summed E-state index contributed by atoms with van der Waals surface area (Å²) in [6, 6.07) is 16.0. The quantitative estimate of drug-likeness (QED) is 0.672. The lowest BCUT2D eigenvalue weighted by molar-refractivity contribution is -0.146. The normalized spacial score (nSPS) is 22.4. The molecule has 1 aliphatic heterocycles. The molecule has 5 rings (SSSR count). The summed E-state index contributed by atoms with van der Waals surface area (Å²) in [5, 5.41) is 12.4. The Bertz CT molecular complexity index is 1080. The van der Waals surface area contributed by atoms with E-state index in [1.54, 1.807) is 4.90 Å². The molecule has 0 bridgehead atoms. The van der Waals surface area contributed by atoms with Crippen LogP contribution in [0.4, 0.5) is 4.79 Å². The highest BCUT2D eigenvalue weighted by Gasteiger charge is 2.52. The van der Waals surface area contributed by atoms with Crippen LogP contribution in [0.1, 0.15) is 56.1 Å². The fourth-order valence-electron chi connectivity index (χ4n) is 5.93. The van der Waals surface area contributed by atoms with E-state index in [0.29, 0.717) is 32.2 Å². The van der Waals surface area contributed by atoms with E-state index < -0.39 is 23.5 Å². The monoisotopic (exact) mass is 462 g/mol. The molecule has 2 N–H and O–H groups in total. The number of nitrogens with zero attached hydrogens (tertiary/aromatic N) is 1. The Morgan fingerprint density at radius 3 is 2.21 bits per heavy atom. The van der Waals surface area contributed by atoms with Gasteiger partial charge in [-0.2, -0.15) is 0 Å². The van der Waals surface area contributed by atoms with Crippen LogP contribution >= 0.6 is 0 Å². The summed E-state index contributed by atoms with van der Waals surface area (Å²) in [4.78, 5) is 39.6. The van der Waals surface area contributed by atoms with Crippen molar-refractivity contribution in [1.82, 2.24) is 10.2 Å². The second-order valence-corrected chi connectivity index (χ2v) is 9.59. The molecule has 0 aromatic heterocycles. The van der Waals surface area contributed by atoms with E-state index in [4.69, 9.17) is 4.74 Å². The van der Waals surface area contributed by atoms with Gasteiger partial charge in [-0.1, -0.05) is 55.5 Å². The van der Waals surface area contributed by atoms with Gasteiger partial charge in [-0.25, -0.2) is 4.79 Å². The highest BCUT2D eigenvalue weighted by molar-refractivity contribution is 5.92. The van der Waals surface area contributed by atoms with Gasteiger partial charge in [-0.3, -0.25) is 9.59 Å². The van der Waals surface area contributed by atoms with Crippen molar-refractivity contribution < 1.29 is 24.2 Å². The van der Waals surface area contributed by atoms with E-state index in [0.717, 1.165) is 28.7 Å². The first-order valence-electron chi connectivity index (χ1n) is 12.1. The number of amides is 2. The van der Waals surface area contributed by atoms with Crippen LogP contribution in [0.15, 0.2) is 48.5 Å². The van der Waals surface area contributed by atoms with Crippen molar-refractivity contribution in [3.05, 3.63) is 59.7 Å². The molecule has 0 radical (unpaired) electrons. The molecule has 2 aliphatic carbocycles. The second kappa shape index (κ2) is 8.78. The minimum absolute atomic E-state index is 0.0504. The van der Waals surface area contributed by atoms with E-state index in [-0.39, 0.29) is 24.5 Å². The molecule has 1 saturated heterocycles. The van der Waals surface area contributed by atoms with Gasteiger partial charge in [0.15, 0.2) is 0 Å². The van der Waals surface area contributed by atoms with Gasteiger partial charge in [0.2, 0.25) is 5.91 Å². The maximum atomic E-state index is 13.5. The number of alkyl carbamates (subject to hydrolysis) is 1. The van der Waals surface area contributed by atoms with Crippen molar-refractivity contribution in [2.75, 3.05) is 13.2 Å². The highest BCUT2D eigenvalue weighted by Crippen LogP contribution is 2.44. The van der Waals surface area contributed by atoms with Crippen molar-refractivity contribution in [2.24, 2.45) is 5.92 Å². The Hall–Kier alpha value is -3.35. The number of aliphatic carboxylic acids is 1. The summed E-state index contributed by atoms with van der Waals surface area (Å²) in [6.45, 7) is 2.49. The van der Waals surface area contributed by atoms with E-state index in [9.17, 15) is 19.5 Å². The van der Waals surface area contributed by atoms with Crippen molar-refractivity contribution >= 4 is 18.0 Å². The predicted octanol–water partition coefficient (Wildman–Crippen LogP) is 4.16. The van der Waals surface area contributed by atoms with Crippen LogP contribution in [0.25, 0.3) is 11.1 Å². The molecule has 2 fully saturated rings. The molecule has 1 saturated carbocycles. The van der Waals surface area contributed by atoms with Crippen LogP contribution in [0, 0.1) is 5.92 Å². The lowest BCUT2D eigenvalue weighted by atomic mass is 9.75. The van der Waals surface area contributed by atoms with Crippen molar-refractivity contribution in [3.63, 3.8) is 0 Å². The summed E-state index contributed by atoms with van der Waals surface area (Å²) >= 11 is 0. The maximum absolute atomic E-state index is 13.5. The zero-order valence-corrected chi connectivity index (χ0v) is 19.3. The number of carbonyl (C=O) groups is 3. The number of hydrogen-bond acceptors (Lipinski definition) is 4. The first kappa shape index (κ1) is 22.4. The Morgan fingerprint density at radius 1 is 1.06 bits per heavy atom. The number of nitrogens with one attached hydrogen (secondary N) is 1. The number of carbonyl (C=O) groups excluding carboxylic acids is 2. The van der Waals surface area contributed by atoms with Crippen LogP contribution in [-0.4, -0.2) is 52.7 Å². The Kier molecular flexibility index (Phi) is 5.80. The third kappa shape index (κ3) is 3.63. The fraction of sp³-hybridized carbons (Fsp3) is 0.444. The second-order valence-electron chi connectivity index (χ2n) is 9.59. The smallest absolute Gasteiger partial charge is 0.408 e. The summed E-state index contributed by atoms with van der Waals surface area (Å²) < 4.78 is 5.68. The first-order valence-corrected chi connectivity index (χ1v) is 12.1. The van der Waals surface area contributed by atoms with E-state index in [2.05, 4.69) is 29.6 Å². The lowest BCUT2D eigenvalue weighted by Crippen LogP contribution is -2.64. The van der Waals surface area contributed by atoms with Gasteiger partial charge in [-0.15, -0.1) is 0 Å². The molecule has 2 aromatic carbocycles. The van der Waals surface area contributed by atoms with Crippen molar-refractivity contribution in [2.45, 2.75) is 56.5 Å². The van der Waals surface area contributed by atoms with Gasteiger partial charge in [-0.05, 0) is 54.4 Å². The van der Waals surface area contributed by atoms with E-state index in [1.165, 1.54) is 0 Å². The molecular formula is C27H30N2O5. The van der Waals surface area contributed by atoms with E-state index >= 15 is 0 Å². The third-order valence-electron chi connectivity index (χ3n) is 7.84. The molecular weight excluding hydrogens is 432 g/mol. The van der Waals surface area contributed by atoms with Crippen LogP contribution in [-0.2, 0) is 14.3 Å². The van der Waals surface area contributed by atoms with Gasteiger partial charge in [0, 0.05) is 18.5 Å². The summed E-state index contributed by atoms with van der Waals surface area (Å²) in [5.74, 6) is -1.65. The van der Waals surface area contributed by atoms with Crippen LogP contribution < -0.4 is 5.32 Å². The lowest BCUT2D eigenvalue weighted by Gasteiger charge is -2.44. The molecule has 7 nitrogen and oxygen atoms in total. The van der Waals surface area contributed by atoms with Gasteiger partial charge >= 0.3 is 12.1 Å². The van der Waals surface area contributed by atoms with Crippen LogP contribution in [0.2, 0.25) is 0 Å². The SMILES string of the molecule is CCC1C(C(=O)O)CCN1C(=O)C1(NC(=O)OCC2c3ccccc3-c3ccccc32)CCC1. The standard InChI is InChI=1S/C27H30N2O5/c1-2-23-21(24(30)31)12-15-29(23)25(32)27(13-7-14-27)28-26(33)34-16-22-19-10-5-3-8-17(19)18-9-4-6-11-20(18)22/h3-6,8-11,21-23H,2,7,12-16H2,1H3,(H,28,33)(H,30,31). The highest BCUT2D eigenvalue weighted by atomic mass is 16.5. The molecule has 2 unspecified atom stereocenters. The number of rotatable bonds is 6. The minimum atomic E-state index is -0.997. The first-order chi connectivity index (χ1) is 16.4. The molecule has 2 atom stereocenters. The Balaban J connectivity index is 1.27. The molecule has 3 aliphatic rings. The number of carboxylic acids is 1. The molecule has 7 heteroatoms.